The fourth-order valence-corrected chi connectivity index (χ4v) is 4.00. The minimum atomic E-state index is -1.20. The summed E-state index contributed by atoms with van der Waals surface area (Å²) in [5.41, 5.74) is 19.3. The zero-order valence-corrected chi connectivity index (χ0v) is 20.4. The molecular weight excluding hydrogens is 474 g/mol. The van der Waals surface area contributed by atoms with Crippen LogP contribution in [0.15, 0.2) is 65.8 Å². The first-order valence-electron chi connectivity index (χ1n) is 12.0. The molecule has 0 unspecified atom stereocenters. The maximum absolute atomic E-state index is 13.3. The number of nitrogens with two attached hydrogens (primary N) is 3. The number of benzene rings is 2. The van der Waals surface area contributed by atoms with Crippen molar-refractivity contribution >= 4 is 34.6 Å². The second kappa shape index (κ2) is 13.1. The fourth-order valence-electron chi connectivity index (χ4n) is 4.00. The van der Waals surface area contributed by atoms with E-state index in [1.54, 1.807) is 6.20 Å². The number of rotatable bonds is 13. The number of nitrogens with zero attached hydrogens (tertiary/aromatic N) is 1. The van der Waals surface area contributed by atoms with Gasteiger partial charge in [0.05, 0.1) is 6.04 Å². The van der Waals surface area contributed by atoms with Crippen molar-refractivity contribution in [2.24, 2.45) is 22.2 Å². The molecule has 196 valence electrons. The quantitative estimate of drug-likeness (QED) is 0.0984. The number of amides is 2. The van der Waals surface area contributed by atoms with Crippen LogP contribution in [0, 0.1) is 0 Å². The minimum absolute atomic E-state index is 0.0933. The van der Waals surface area contributed by atoms with E-state index in [-0.39, 0.29) is 31.8 Å². The Balaban J connectivity index is 1.75. The van der Waals surface area contributed by atoms with Crippen LogP contribution in [0.2, 0.25) is 0 Å². The van der Waals surface area contributed by atoms with Crippen LogP contribution in [0.4, 0.5) is 0 Å². The smallest absolute Gasteiger partial charge is 0.326 e. The predicted octanol–water partition coefficient (Wildman–Crippen LogP) is 0.388. The Kier molecular flexibility index (Phi) is 9.61. The van der Waals surface area contributed by atoms with Crippen molar-refractivity contribution < 1.29 is 19.5 Å². The number of hydrogen-bond donors (Lipinski definition) is 7. The van der Waals surface area contributed by atoms with Gasteiger partial charge in [-0.2, -0.15) is 0 Å². The fraction of sp³-hybridized carbons (Fsp3) is 0.308. The molecule has 0 fully saturated rings. The van der Waals surface area contributed by atoms with Crippen molar-refractivity contribution in [1.29, 1.82) is 0 Å². The molecule has 10 N–H and O–H groups in total. The number of aliphatic carboxylic acids is 1. The molecule has 0 radical (unpaired) electrons. The summed E-state index contributed by atoms with van der Waals surface area (Å²) in [5.74, 6) is -2.43. The highest BCUT2D eigenvalue weighted by molar-refractivity contribution is 5.93. The zero-order chi connectivity index (χ0) is 26.8. The van der Waals surface area contributed by atoms with Gasteiger partial charge in [-0.3, -0.25) is 14.6 Å². The van der Waals surface area contributed by atoms with Crippen molar-refractivity contribution in [3.63, 3.8) is 0 Å². The van der Waals surface area contributed by atoms with E-state index < -0.39 is 35.9 Å². The maximum Gasteiger partial charge on any atom is 0.326 e. The van der Waals surface area contributed by atoms with Crippen LogP contribution in [0.1, 0.15) is 24.0 Å². The van der Waals surface area contributed by atoms with Crippen molar-refractivity contribution in [2.75, 3.05) is 6.54 Å². The molecule has 11 heteroatoms. The number of nitrogens with one attached hydrogen (secondary N) is 3. The van der Waals surface area contributed by atoms with Gasteiger partial charge >= 0.3 is 5.97 Å². The number of aliphatic imine (C=N–C) groups is 1. The Labute approximate surface area is 214 Å². The standard InChI is InChI=1S/C26H33N7O4/c27-19(13-16-7-2-1-3-8-16)23(34)33-22(14-17-15-31-20-10-5-4-9-18(17)20)24(35)32-21(25(36)37)11-6-12-30-26(28)29/h1-5,7-10,15,19,21-22,31H,6,11-14,27H2,(H,32,35)(H,33,34)(H,36,37)(H4,28,29,30)/t19-,21-,22-/m0/s1. The Morgan fingerprint density at radius 2 is 1.59 bits per heavy atom. The summed E-state index contributed by atoms with van der Waals surface area (Å²) in [6.07, 6.45) is 2.65. The number of carboxylic acids is 1. The monoisotopic (exact) mass is 507 g/mol. The van der Waals surface area contributed by atoms with Crippen molar-refractivity contribution in [2.45, 2.75) is 43.8 Å². The lowest BCUT2D eigenvalue weighted by molar-refractivity contribution is -0.142. The van der Waals surface area contributed by atoms with Crippen LogP contribution in [0.25, 0.3) is 10.9 Å². The van der Waals surface area contributed by atoms with E-state index in [1.807, 2.05) is 54.6 Å². The third kappa shape index (κ3) is 8.07. The molecule has 0 aliphatic heterocycles. The summed E-state index contributed by atoms with van der Waals surface area (Å²) in [6.45, 7) is 0.228. The Morgan fingerprint density at radius 1 is 0.919 bits per heavy atom. The predicted molar refractivity (Wildman–Crippen MR) is 142 cm³/mol. The number of guanidine groups is 1. The number of hydrogen-bond acceptors (Lipinski definition) is 5. The topological polar surface area (TPSA) is 202 Å². The van der Waals surface area contributed by atoms with Gasteiger partial charge in [-0.05, 0) is 36.5 Å². The molecule has 3 aromatic rings. The highest BCUT2D eigenvalue weighted by Gasteiger charge is 2.28. The second-order valence-electron chi connectivity index (χ2n) is 8.77. The molecule has 0 aliphatic carbocycles. The van der Waals surface area contributed by atoms with Gasteiger partial charge in [0.25, 0.3) is 0 Å². The van der Waals surface area contributed by atoms with E-state index in [4.69, 9.17) is 17.2 Å². The van der Waals surface area contributed by atoms with Crippen molar-refractivity contribution in [3.8, 4) is 0 Å². The van der Waals surface area contributed by atoms with Gasteiger partial charge in [-0.25, -0.2) is 4.79 Å². The normalized spacial score (nSPS) is 13.3. The first-order chi connectivity index (χ1) is 17.7. The van der Waals surface area contributed by atoms with Crippen molar-refractivity contribution in [3.05, 3.63) is 71.9 Å². The van der Waals surface area contributed by atoms with E-state index in [0.29, 0.717) is 6.42 Å². The number of H-pyrrole nitrogens is 1. The Bertz CT molecular complexity index is 1240. The lowest BCUT2D eigenvalue weighted by Gasteiger charge is -2.23. The molecule has 0 aliphatic rings. The van der Waals surface area contributed by atoms with E-state index in [0.717, 1.165) is 22.0 Å². The van der Waals surface area contributed by atoms with Gasteiger partial charge in [-0.1, -0.05) is 48.5 Å². The summed E-state index contributed by atoms with van der Waals surface area (Å²) in [6, 6.07) is 13.8. The van der Waals surface area contributed by atoms with E-state index in [2.05, 4.69) is 20.6 Å². The number of carbonyl (C=O) groups is 3. The lowest BCUT2D eigenvalue weighted by atomic mass is 10.0. The number of aromatic nitrogens is 1. The molecule has 3 atom stereocenters. The first-order valence-corrected chi connectivity index (χ1v) is 12.0. The van der Waals surface area contributed by atoms with Crippen LogP contribution in [0.3, 0.4) is 0 Å². The van der Waals surface area contributed by atoms with E-state index in [9.17, 15) is 19.5 Å². The van der Waals surface area contributed by atoms with Gasteiger partial charge in [0.15, 0.2) is 5.96 Å². The second-order valence-corrected chi connectivity index (χ2v) is 8.77. The first kappa shape index (κ1) is 27.2. The molecule has 0 saturated carbocycles. The third-order valence-electron chi connectivity index (χ3n) is 5.93. The largest absolute Gasteiger partial charge is 0.480 e. The highest BCUT2D eigenvalue weighted by Crippen LogP contribution is 2.19. The molecule has 1 aromatic heterocycles. The summed E-state index contributed by atoms with van der Waals surface area (Å²) in [7, 11) is 0. The molecule has 11 nitrogen and oxygen atoms in total. The van der Waals surface area contributed by atoms with Crippen LogP contribution in [-0.2, 0) is 27.2 Å². The van der Waals surface area contributed by atoms with Gasteiger partial charge in [-0.15, -0.1) is 0 Å². The van der Waals surface area contributed by atoms with Gasteiger partial charge < -0.3 is 37.9 Å². The molecule has 0 saturated heterocycles. The number of carboxylic acid groups (broad SMARTS) is 1. The molecule has 0 spiro atoms. The summed E-state index contributed by atoms with van der Waals surface area (Å²) in [4.78, 5) is 45.0. The Morgan fingerprint density at radius 3 is 2.30 bits per heavy atom. The molecule has 2 aromatic carbocycles. The summed E-state index contributed by atoms with van der Waals surface area (Å²) >= 11 is 0. The minimum Gasteiger partial charge on any atom is -0.480 e. The van der Waals surface area contributed by atoms with Gasteiger partial charge in [0, 0.05) is 30.1 Å². The molecular formula is C26H33N7O4. The molecule has 3 rings (SSSR count). The van der Waals surface area contributed by atoms with E-state index in [1.165, 1.54) is 0 Å². The Hall–Kier alpha value is -4.38. The third-order valence-corrected chi connectivity index (χ3v) is 5.93. The molecule has 37 heavy (non-hydrogen) atoms. The van der Waals surface area contributed by atoms with Gasteiger partial charge in [0.1, 0.15) is 12.1 Å². The lowest BCUT2D eigenvalue weighted by Crippen LogP contribution is -2.55. The van der Waals surface area contributed by atoms with Crippen LogP contribution >= 0.6 is 0 Å². The average molecular weight is 508 g/mol. The van der Waals surface area contributed by atoms with Crippen molar-refractivity contribution in [1.82, 2.24) is 15.6 Å². The molecule has 2 amide bonds. The SMILES string of the molecule is NC(N)=NCCC[C@H](NC(=O)[C@H](Cc1c[nH]c2ccccc12)NC(=O)[C@@H](N)Cc1ccccc1)C(=O)O. The number of carbonyl (C=O) groups excluding carboxylic acids is 2. The highest BCUT2D eigenvalue weighted by atomic mass is 16.4. The number of para-hydroxylation sites is 1. The number of fused-ring (bicyclic) bond motifs is 1. The van der Waals surface area contributed by atoms with Crippen LogP contribution in [0.5, 0.6) is 0 Å². The van der Waals surface area contributed by atoms with E-state index >= 15 is 0 Å². The number of aromatic amines is 1. The van der Waals surface area contributed by atoms with Gasteiger partial charge in [0.2, 0.25) is 11.8 Å². The summed E-state index contributed by atoms with van der Waals surface area (Å²) < 4.78 is 0. The average Bonchev–Trinajstić information content (AvgIpc) is 3.28. The summed E-state index contributed by atoms with van der Waals surface area (Å²) in [5, 5.41) is 15.8. The van der Waals surface area contributed by atoms with Crippen LogP contribution in [-0.4, -0.2) is 58.5 Å². The molecule has 0 bridgehead atoms. The zero-order valence-electron chi connectivity index (χ0n) is 20.4. The maximum atomic E-state index is 13.3. The van der Waals surface area contributed by atoms with Crippen LogP contribution < -0.4 is 27.8 Å². The molecule has 1 heterocycles.